The van der Waals surface area contributed by atoms with E-state index in [0.717, 1.165) is 50.2 Å². The number of likely N-dealkylation sites (tertiary alicyclic amines) is 1. The molecule has 3 aromatic rings. The van der Waals surface area contributed by atoms with Crippen molar-refractivity contribution in [3.8, 4) is 0 Å². The highest BCUT2D eigenvalue weighted by Gasteiger charge is 2.24. The summed E-state index contributed by atoms with van der Waals surface area (Å²) < 4.78 is 12.6. The van der Waals surface area contributed by atoms with E-state index in [2.05, 4.69) is 32.8 Å². The average Bonchev–Trinajstić information content (AvgIpc) is 3.17. The summed E-state index contributed by atoms with van der Waals surface area (Å²) in [7, 11) is 1.73. The quantitative estimate of drug-likeness (QED) is 0.509. The van der Waals surface area contributed by atoms with E-state index in [-0.39, 0.29) is 5.97 Å². The van der Waals surface area contributed by atoms with Crippen molar-refractivity contribution in [2.45, 2.75) is 38.8 Å². The van der Waals surface area contributed by atoms with Crippen LogP contribution in [0.3, 0.4) is 0 Å². The molecule has 1 aromatic carbocycles. The number of pyridine rings is 1. The van der Waals surface area contributed by atoms with Crippen LogP contribution in [0.2, 0.25) is 0 Å². The molecular formula is C25H31N3O3. The fourth-order valence-corrected chi connectivity index (χ4v) is 4.51. The van der Waals surface area contributed by atoms with E-state index in [0.29, 0.717) is 24.7 Å². The van der Waals surface area contributed by atoms with Gasteiger partial charge in [0.1, 0.15) is 5.65 Å². The summed E-state index contributed by atoms with van der Waals surface area (Å²) in [6.07, 6.45) is 6.38. The van der Waals surface area contributed by atoms with Gasteiger partial charge in [0.15, 0.2) is 0 Å². The number of carbonyl (C=O) groups is 1. The number of carbonyl (C=O) groups excluding carboxylic acids is 1. The Morgan fingerprint density at radius 3 is 2.81 bits per heavy atom. The number of hydrogen-bond donors (Lipinski definition) is 0. The Kier molecular flexibility index (Phi) is 6.99. The molecule has 1 saturated heterocycles. The van der Waals surface area contributed by atoms with Crippen LogP contribution in [0.25, 0.3) is 11.0 Å². The van der Waals surface area contributed by atoms with E-state index in [1.807, 2.05) is 37.4 Å². The Bertz CT molecular complexity index is 1020. The summed E-state index contributed by atoms with van der Waals surface area (Å²) in [5.41, 5.74) is 4.24. The predicted molar refractivity (Wildman–Crippen MR) is 121 cm³/mol. The molecule has 1 aliphatic rings. The van der Waals surface area contributed by atoms with Crippen molar-refractivity contribution >= 4 is 17.0 Å². The first-order chi connectivity index (χ1) is 15.2. The van der Waals surface area contributed by atoms with E-state index in [1.54, 1.807) is 7.11 Å². The maximum absolute atomic E-state index is 12.0. The molecule has 4 rings (SSSR count). The minimum Gasteiger partial charge on any atom is -0.462 e. The lowest BCUT2D eigenvalue weighted by molar-refractivity contribution is 0.0526. The third-order valence-corrected chi connectivity index (χ3v) is 6.07. The van der Waals surface area contributed by atoms with Crippen LogP contribution in [-0.2, 0) is 22.6 Å². The Hall–Kier alpha value is -2.70. The number of benzene rings is 1. The van der Waals surface area contributed by atoms with E-state index in [1.165, 1.54) is 10.9 Å². The lowest BCUT2D eigenvalue weighted by atomic mass is 9.89. The average molecular weight is 422 g/mol. The smallest absolute Gasteiger partial charge is 0.338 e. The third kappa shape index (κ3) is 4.97. The van der Waals surface area contributed by atoms with Gasteiger partial charge >= 0.3 is 5.97 Å². The zero-order valence-electron chi connectivity index (χ0n) is 18.4. The Labute approximate surface area is 183 Å². The Morgan fingerprint density at radius 1 is 1.19 bits per heavy atom. The molecule has 3 heterocycles. The molecule has 6 heteroatoms. The van der Waals surface area contributed by atoms with Crippen molar-refractivity contribution in [1.29, 1.82) is 0 Å². The summed E-state index contributed by atoms with van der Waals surface area (Å²) in [6, 6.07) is 12.0. The van der Waals surface area contributed by atoms with Gasteiger partial charge in [-0.05, 0) is 74.2 Å². The van der Waals surface area contributed by atoms with Crippen LogP contribution in [0.5, 0.6) is 0 Å². The van der Waals surface area contributed by atoms with Crippen LogP contribution >= 0.6 is 0 Å². The van der Waals surface area contributed by atoms with Gasteiger partial charge in [0.25, 0.3) is 0 Å². The minimum atomic E-state index is -0.249. The molecule has 164 valence electrons. The van der Waals surface area contributed by atoms with Gasteiger partial charge in [0.05, 0.1) is 18.8 Å². The summed E-state index contributed by atoms with van der Waals surface area (Å²) in [5, 5.41) is 1.26. The second kappa shape index (κ2) is 10.1. The molecule has 0 N–H and O–H groups in total. The molecule has 6 nitrogen and oxygen atoms in total. The van der Waals surface area contributed by atoms with Crippen molar-refractivity contribution in [2.24, 2.45) is 0 Å². The lowest BCUT2D eigenvalue weighted by Crippen LogP contribution is -2.32. The van der Waals surface area contributed by atoms with Crippen molar-refractivity contribution in [1.82, 2.24) is 14.5 Å². The van der Waals surface area contributed by atoms with Gasteiger partial charge in [-0.25, -0.2) is 9.78 Å². The first-order valence-corrected chi connectivity index (χ1v) is 11.1. The van der Waals surface area contributed by atoms with Crippen LogP contribution in [-0.4, -0.2) is 53.8 Å². The van der Waals surface area contributed by atoms with Crippen LogP contribution in [0, 0.1) is 0 Å². The van der Waals surface area contributed by atoms with Crippen molar-refractivity contribution in [3.63, 3.8) is 0 Å². The second-order valence-corrected chi connectivity index (χ2v) is 8.12. The van der Waals surface area contributed by atoms with E-state index < -0.39 is 0 Å². The highest BCUT2D eigenvalue weighted by Crippen LogP contribution is 2.34. The lowest BCUT2D eigenvalue weighted by Gasteiger charge is -2.32. The zero-order chi connectivity index (χ0) is 21.6. The van der Waals surface area contributed by atoms with E-state index in [4.69, 9.17) is 9.47 Å². The monoisotopic (exact) mass is 421 g/mol. The summed E-state index contributed by atoms with van der Waals surface area (Å²) >= 11 is 0. The molecule has 0 radical (unpaired) electrons. The van der Waals surface area contributed by atoms with E-state index >= 15 is 0 Å². The first-order valence-electron chi connectivity index (χ1n) is 11.1. The molecule has 0 bridgehead atoms. The van der Waals surface area contributed by atoms with Crippen molar-refractivity contribution in [3.05, 3.63) is 65.5 Å². The number of fused-ring (bicyclic) bond motifs is 1. The molecule has 1 fully saturated rings. The highest BCUT2D eigenvalue weighted by molar-refractivity contribution is 5.89. The molecule has 0 saturated carbocycles. The normalized spacial score (nSPS) is 15.4. The molecule has 0 unspecified atom stereocenters. The molecule has 2 aromatic heterocycles. The highest BCUT2D eigenvalue weighted by atomic mass is 16.5. The van der Waals surface area contributed by atoms with Gasteiger partial charge in [-0.3, -0.25) is 4.90 Å². The SMILES string of the molecule is CCOC(=O)c1cccc(CN2CCC(c3cn(CCOC)c4ncccc34)CC2)c1. The summed E-state index contributed by atoms with van der Waals surface area (Å²) in [5.74, 6) is 0.291. The second-order valence-electron chi connectivity index (χ2n) is 8.12. The van der Waals surface area contributed by atoms with Gasteiger partial charge in [-0.1, -0.05) is 12.1 Å². The molecule has 0 amide bonds. The third-order valence-electron chi connectivity index (χ3n) is 6.07. The molecule has 0 atom stereocenters. The van der Waals surface area contributed by atoms with Gasteiger partial charge in [-0.2, -0.15) is 0 Å². The Morgan fingerprint density at radius 2 is 2.03 bits per heavy atom. The standard InChI is InChI=1S/C25H31N3O3/c1-3-31-25(29)21-7-4-6-19(16-21)17-27-12-9-20(10-13-27)23-18-28(14-15-30-2)24-22(23)8-5-11-26-24/h4-8,11,16,18,20H,3,9-10,12-15,17H2,1-2H3. The number of ether oxygens (including phenoxy) is 2. The van der Waals surface area contributed by atoms with Gasteiger partial charge in [0.2, 0.25) is 0 Å². The maximum atomic E-state index is 12.0. The number of esters is 1. The largest absolute Gasteiger partial charge is 0.462 e. The maximum Gasteiger partial charge on any atom is 0.338 e. The Balaban J connectivity index is 1.41. The van der Waals surface area contributed by atoms with E-state index in [9.17, 15) is 4.79 Å². The fraction of sp³-hybridized carbons (Fsp3) is 0.440. The first kappa shape index (κ1) is 21.5. The van der Waals surface area contributed by atoms with Crippen LogP contribution in [0.15, 0.2) is 48.8 Å². The van der Waals surface area contributed by atoms with Crippen molar-refractivity contribution < 1.29 is 14.3 Å². The summed E-state index contributed by atoms with van der Waals surface area (Å²) in [4.78, 5) is 19.1. The summed E-state index contributed by atoms with van der Waals surface area (Å²) in [6.45, 7) is 6.67. The van der Waals surface area contributed by atoms with Crippen LogP contribution in [0.1, 0.15) is 47.2 Å². The number of methoxy groups -OCH3 is 1. The fourth-order valence-electron chi connectivity index (χ4n) is 4.51. The number of piperidine rings is 1. The van der Waals surface area contributed by atoms with Gasteiger partial charge in [-0.15, -0.1) is 0 Å². The molecule has 31 heavy (non-hydrogen) atoms. The topological polar surface area (TPSA) is 56.6 Å². The number of hydrogen-bond acceptors (Lipinski definition) is 5. The predicted octanol–water partition coefficient (Wildman–Crippen LogP) is 4.24. The van der Waals surface area contributed by atoms with Gasteiger partial charge < -0.3 is 14.0 Å². The molecular weight excluding hydrogens is 390 g/mol. The zero-order valence-corrected chi connectivity index (χ0v) is 18.4. The minimum absolute atomic E-state index is 0.249. The molecule has 0 aliphatic carbocycles. The molecule has 0 spiro atoms. The number of aromatic nitrogens is 2. The van der Waals surface area contributed by atoms with Crippen molar-refractivity contribution in [2.75, 3.05) is 33.4 Å². The molecule has 1 aliphatic heterocycles. The number of rotatable bonds is 8. The number of nitrogens with zero attached hydrogens (tertiary/aromatic N) is 3. The van der Waals surface area contributed by atoms with Gasteiger partial charge in [0, 0.05) is 38.0 Å². The van der Waals surface area contributed by atoms with Crippen LogP contribution < -0.4 is 0 Å². The van der Waals surface area contributed by atoms with Crippen LogP contribution in [0.4, 0.5) is 0 Å².